The van der Waals surface area contributed by atoms with E-state index in [1.807, 2.05) is 0 Å². The van der Waals surface area contributed by atoms with Crippen molar-refractivity contribution in [2.75, 3.05) is 0 Å². The van der Waals surface area contributed by atoms with E-state index in [-0.39, 0.29) is 0 Å². The van der Waals surface area contributed by atoms with Crippen LogP contribution in [0.25, 0.3) is 0 Å². The van der Waals surface area contributed by atoms with Gasteiger partial charge < -0.3 is 0 Å². The molecule has 2 aliphatic carbocycles. The van der Waals surface area contributed by atoms with Gasteiger partial charge in [0, 0.05) is 6.04 Å². The van der Waals surface area contributed by atoms with Crippen molar-refractivity contribution in [2.24, 2.45) is 17.7 Å². The first-order chi connectivity index (χ1) is 9.81. The molecule has 1 aromatic carbocycles. The van der Waals surface area contributed by atoms with E-state index in [4.69, 9.17) is 5.84 Å². The lowest BCUT2D eigenvalue weighted by atomic mass is 9.79. The van der Waals surface area contributed by atoms with Crippen LogP contribution >= 0.6 is 0 Å². The maximum Gasteiger partial charge on any atom is 0.0488 e. The lowest BCUT2D eigenvalue weighted by Crippen LogP contribution is -2.32. The van der Waals surface area contributed by atoms with Gasteiger partial charge in [0.1, 0.15) is 0 Å². The first-order valence-corrected chi connectivity index (χ1v) is 8.37. The zero-order chi connectivity index (χ0) is 13.9. The molecule has 0 saturated heterocycles. The van der Waals surface area contributed by atoms with E-state index in [0.717, 1.165) is 11.8 Å². The van der Waals surface area contributed by atoms with Gasteiger partial charge in [-0.05, 0) is 54.6 Å². The predicted molar refractivity (Wildman–Crippen MR) is 84.2 cm³/mol. The highest BCUT2D eigenvalue weighted by Gasteiger charge is 2.30. The second-order valence-corrected chi connectivity index (χ2v) is 6.79. The van der Waals surface area contributed by atoms with E-state index in [0.29, 0.717) is 12.0 Å². The first kappa shape index (κ1) is 14.1. The summed E-state index contributed by atoms with van der Waals surface area (Å²) in [5, 5.41) is 0. The Kier molecular flexibility index (Phi) is 4.42. The summed E-state index contributed by atoms with van der Waals surface area (Å²) in [7, 11) is 0. The fourth-order valence-corrected chi connectivity index (χ4v) is 4.01. The molecule has 2 aliphatic rings. The number of nitrogens with two attached hydrogens (primary N) is 1. The van der Waals surface area contributed by atoms with Crippen molar-refractivity contribution in [1.29, 1.82) is 0 Å². The van der Waals surface area contributed by atoms with Gasteiger partial charge in [0.25, 0.3) is 0 Å². The van der Waals surface area contributed by atoms with Crippen LogP contribution in [0.2, 0.25) is 0 Å². The van der Waals surface area contributed by atoms with Gasteiger partial charge in [-0.15, -0.1) is 0 Å². The molecule has 2 fully saturated rings. The molecule has 3 unspecified atom stereocenters. The summed E-state index contributed by atoms with van der Waals surface area (Å²) in [5.74, 6) is 8.30. The molecule has 3 N–H and O–H groups in total. The van der Waals surface area contributed by atoms with E-state index >= 15 is 0 Å². The number of nitrogens with one attached hydrogen (secondary N) is 1. The van der Waals surface area contributed by atoms with Gasteiger partial charge in [-0.1, -0.05) is 50.5 Å². The second-order valence-electron chi connectivity index (χ2n) is 6.79. The van der Waals surface area contributed by atoms with Crippen molar-refractivity contribution < 1.29 is 0 Å². The zero-order valence-electron chi connectivity index (χ0n) is 12.6. The average molecular weight is 272 g/mol. The number of hydrogen-bond donors (Lipinski definition) is 2. The molecule has 1 aromatic rings. The van der Waals surface area contributed by atoms with E-state index in [1.165, 1.54) is 56.1 Å². The lowest BCUT2D eigenvalue weighted by Gasteiger charge is -2.27. The van der Waals surface area contributed by atoms with E-state index < -0.39 is 0 Å². The van der Waals surface area contributed by atoms with Gasteiger partial charge in [-0.25, -0.2) is 0 Å². The van der Waals surface area contributed by atoms with Crippen LogP contribution in [0.3, 0.4) is 0 Å². The Morgan fingerprint density at radius 2 is 1.90 bits per heavy atom. The molecule has 0 aromatic heterocycles. The van der Waals surface area contributed by atoms with Crippen LogP contribution in [0.1, 0.15) is 75.0 Å². The SMILES string of the molecule is CCC1CCC(C(NN)c2ccc(C3CCC3)cc2)C1. The van der Waals surface area contributed by atoms with Crippen LogP contribution in [0.4, 0.5) is 0 Å². The fourth-order valence-electron chi connectivity index (χ4n) is 4.01. The summed E-state index contributed by atoms with van der Waals surface area (Å²) in [5.41, 5.74) is 5.98. The fraction of sp³-hybridized carbons (Fsp3) is 0.667. The summed E-state index contributed by atoms with van der Waals surface area (Å²) in [4.78, 5) is 0. The van der Waals surface area contributed by atoms with Crippen molar-refractivity contribution in [3.05, 3.63) is 35.4 Å². The van der Waals surface area contributed by atoms with Gasteiger partial charge in [-0.2, -0.15) is 0 Å². The minimum absolute atomic E-state index is 0.335. The third-order valence-corrected chi connectivity index (χ3v) is 5.68. The topological polar surface area (TPSA) is 38.0 Å². The van der Waals surface area contributed by atoms with Gasteiger partial charge in [-0.3, -0.25) is 11.3 Å². The highest BCUT2D eigenvalue weighted by molar-refractivity contribution is 5.29. The van der Waals surface area contributed by atoms with Crippen molar-refractivity contribution in [3.8, 4) is 0 Å². The normalized spacial score (nSPS) is 28.3. The molecule has 0 radical (unpaired) electrons. The van der Waals surface area contributed by atoms with Crippen LogP contribution in [0, 0.1) is 11.8 Å². The summed E-state index contributed by atoms with van der Waals surface area (Å²) in [6.45, 7) is 2.31. The Balaban J connectivity index is 1.69. The third kappa shape index (κ3) is 2.77. The third-order valence-electron chi connectivity index (χ3n) is 5.68. The van der Waals surface area contributed by atoms with Crippen molar-refractivity contribution in [1.82, 2.24) is 5.43 Å². The monoisotopic (exact) mass is 272 g/mol. The first-order valence-electron chi connectivity index (χ1n) is 8.37. The quantitative estimate of drug-likeness (QED) is 0.620. The number of benzene rings is 1. The Morgan fingerprint density at radius 1 is 1.15 bits per heavy atom. The Morgan fingerprint density at radius 3 is 2.40 bits per heavy atom. The molecule has 3 atom stereocenters. The molecular formula is C18H28N2. The molecule has 2 heteroatoms. The zero-order valence-corrected chi connectivity index (χ0v) is 12.6. The molecule has 20 heavy (non-hydrogen) atoms. The predicted octanol–water partition coefficient (Wildman–Crippen LogP) is 4.28. The minimum Gasteiger partial charge on any atom is -0.271 e. The number of hydrazine groups is 1. The van der Waals surface area contributed by atoms with Crippen molar-refractivity contribution >= 4 is 0 Å². The molecular weight excluding hydrogens is 244 g/mol. The summed E-state index contributed by atoms with van der Waals surface area (Å²) in [6.07, 6.45) is 9.48. The van der Waals surface area contributed by atoms with Gasteiger partial charge in [0.05, 0.1) is 0 Å². The van der Waals surface area contributed by atoms with E-state index in [9.17, 15) is 0 Å². The molecule has 2 saturated carbocycles. The molecule has 0 amide bonds. The van der Waals surface area contributed by atoms with E-state index in [2.05, 4.69) is 36.6 Å². The smallest absolute Gasteiger partial charge is 0.0488 e. The summed E-state index contributed by atoms with van der Waals surface area (Å²) >= 11 is 0. The standard InChI is InChI=1S/C18H28N2/c1-2-13-6-7-17(12-13)18(20-19)16-10-8-15(9-11-16)14-4-3-5-14/h8-11,13-14,17-18,20H,2-7,12,19H2,1H3. The Labute approximate surface area is 123 Å². The highest BCUT2D eigenvalue weighted by Crippen LogP contribution is 2.41. The maximum atomic E-state index is 5.86. The van der Waals surface area contributed by atoms with Crippen LogP contribution in [-0.4, -0.2) is 0 Å². The highest BCUT2D eigenvalue weighted by atomic mass is 15.2. The van der Waals surface area contributed by atoms with E-state index in [1.54, 1.807) is 0 Å². The molecule has 3 rings (SSSR count). The summed E-state index contributed by atoms with van der Waals surface area (Å²) in [6, 6.07) is 9.60. The molecule has 0 spiro atoms. The van der Waals surface area contributed by atoms with Crippen LogP contribution in [0.5, 0.6) is 0 Å². The molecule has 2 nitrogen and oxygen atoms in total. The minimum atomic E-state index is 0.335. The van der Waals surface area contributed by atoms with Crippen LogP contribution < -0.4 is 11.3 Å². The summed E-state index contributed by atoms with van der Waals surface area (Å²) < 4.78 is 0. The van der Waals surface area contributed by atoms with Crippen LogP contribution in [0.15, 0.2) is 24.3 Å². The Hall–Kier alpha value is -0.860. The number of rotatable bonds is 5. The number of hydrogen-bond acceptors (Lipinski definition) is 2. The Bertz CT molecular complexity index is 422. The van der Waals surface area contributed by atoms with Gasteiger partial charge >= 0.3 is 0 Å². The maximum absolute atomic E-state index is 5.86. The molecule has 0 heterocycles. The average Bonchev–Trinajstić information content (AvgIpc) is 2.88. The van der Waals surface area contributed by atoms with Gasteiger partial charge in [0.15, 0.2) is 0 Å². The molecule has 110 valence electrons. The van der Waals surface area contributed by atoms with Crippen molar-refractivity contribution in [3.63, 3.8) is 0 Å². The lowest BCUT2D eigenvalue weighted by molar-refractivity contribution is 0.358. The van der Waals surface area contributed by atoms with Crippen molar-refractivity contribution in [2.45, 2.75) is 63.8 Å². The van der Waals surface area contributed by atoms with Crippen LogP contribution in [-0.2, 0) is 0 Å². The van der Waals surface area contributed by atoms with Gasteiger partial charge in [0.2, 0.25) is 0 Å². The largest absolute Gasteiger partial charge is 0.271 e. The molecule has 0 bridgehead atoms. The molecule has 0 aliphatic heterocycles. The second kappa shape index (κ2) is 6.28.